The zero-order valence-corrected chi connectivity index (χ0v) is 8.57. The Balaban J connectivity index is 2.38. The summed E-state index contributed by atoms with van der Waals surface area (Å²) in [6, 6.07) is 6.82. The SMILES string of the molecule is O=C1CC=CN(c2cccc(Cl)c2)C1=O. The first-order valence-electron chi connectivity index (χ1n) is 4.47. The van der Waals surface area contributed by atoms with Crippen molar-refractivity contribution in [2.45, 2.75) is 6.42 Å². The van der Waals surface area contributed by atoms with Crippen molar-refractivity contribution in [3.05, 3.63) is 41.6 Å². The first kappa shape index (κ1) is 9.93. The molecule has 15 heavy (non-hydrogen) atoms. The van der Waals surface area contributed by atoms with Gasteiger partial charge in [0.2, 0.25) is 5.78 Å². The van der Waals surface area contributed by atoms with Crippen LogP contribution in [0.1, 0.15) is 6.42 Å². The maximum Gasteiger partial charge on any atom is 0.298 e. The zero-order valence-electron chi connectivity index (χ0n) is 7.81. The van der Waals surface area contributed by atoms with Crippen molar-refractivity contribution in [2.75, 3.05) is 4.90 Å². The average molecular weight is 222 g/mol. The fourth-order valence-electron chi connectivity index (χ4n) is 1.38. The van der Waals surface area contributed by atoms with Crippen LogP contribution in [0.25, 0.3) is 0 Å². The van der Waals surface area contributed by atoms with Crippen LogP contribution in [-0.4, -0.2) is 11.7 Å². The summed E-state index contributed by atoms with van der Waals surface area (Å²) < 4.78 is 0. The lowest BCUT2D eigenvalue weighted by Gasteiger charge is -2.20. The molecule has 1 aromatic rings. The van der Waals surface area contributed by atoms with E-state index in [9.17, 15) is 9.59 Å². The number of ketones is 1. The third-order valence-corrected chi connectivity index (χ3v) is 2.34. The van der Waals surface area contributed by atoms with Crippen LogP contribution in [-0.2, 0) is 9.59 Å². The lowest BCUT2D eigenvalue weighted by atomic mass is 10.1. The summed E-state index contributed by atoms with van der Waals surface area (Å²) in [6.07, 6.45) is 3.43. The van der Waals surface area contributed by atoms with E-state index in [0.29, 0.717) is 10.7 Å². The molecule has 0 bridgehead atoms. The van der Waals surface area contributed by atoms with Crippen molar-refractivity contribution < 1.29 is 9.59 Å². The summed E-state index contributed by atoms with van der Waals surface area (Å²) in [5, 5.41) is 0.534. The van der Waals surface area contributed by atoms with Crippen molar-refractivity contribution in [3.8, 4) is 0 Å². The Morgan fingerprint density at radius 2 is 2.07 bits per heavy atom. The van der Waals surface area contributed by atoms with Crippen molar-refractivity contribution in [1.82, 2.24) is 0 Å². The normalized spacial score (nSPS) is 15.9. The number of amides is 1. The Hall–Kier alpha value is -1.61. The summed E-state index contributed by atoms with van der Waals surface area (Å²) in [5.74, 6) is -0.919. The second kappa shape index (κ2) is 3.87. The van der Waals surface area contributed by atoms with Crippen LogP contribution < -0.4 is 4.90 Å². The minimum absolute atomic E-state index is 0.176. The minimum atomic E-state index is -0.514. The van der Waals surface area contributed by atoms with Crippen LogP contribution in [0.3, 0.4) is 0 Å². The van der Waals surface area contributed by atoms with E-state index in [4.69, 9.17) is 11.6 Å². The highest BCUT2D eigenvalue weighted by Crippen LogP contribution is 2.21. The number of rotatable bonds is 1. The molecule has 1 aliphatic rings. The van der Waals surface area contributed by atoms with Gasteiger partial charge in [0, 0.05) is 17.6 Å². The highest BCUT2D eigenvalue weighted by Gasteiger charge is 2.23. The Bertz CT molecular complexity index is 454. The number of benzene rings is 1. The molecule has 2 rings (SSSR count). The molecule has 0 N–H and O–H groups in total. The van der Waals surface area contributed by atoms with E-state index in [2.05, 4.69) is 0 Å². The number of carbonyl (C=O) groups excluding carboxylic acids is 2. The minimum Gasteiger partial charge on any atom is -0.288 e. The topological polar surface area (TPSA) is 37.4 Å². The van der Waals surface area contributed by atoms with E-state index in [-0.39, 0.29) is 6.42 Å². The van der Waals surface area contributed by atoms with Gasteiger partial charge in [0.15, 0.2) is 0 Å². The van der Waals surface area contributed by atoms with Gasteiger partial charge in [0.25, 0.3) is 5.91 Å². The molecule has 76 valence electrons. The van der Waals surface area contributed by atoms with Crippen LogP contribution in [0.5, 0.6) is 0 Å². The molecular weight excluding hydrogens is 214 g/mol. The molecule has 0 aromatic heterocycles. The van der Waals surface area contributed by atoms with Gasteiger partial charge < -0.3 is 0 Å². The van der Waals surface area contributed by atoms with Gasteiger partial charge in [-0.1, -0.05) is 23.7 Å². The van der Waals surface area contributed by atoms with Gasteiger partial charge in [-0.15, -0.1) is 0 Å². The van der Waals surface area contributed by atoms with Gasteiger partial charge in [0.05, 0.1) is 5.69 Å². The standard InChI is InChI=1S/C11H8ClNO2/c12-8-3-1-4-9(7-8)13-6-2-5-10(14)11(13)15/h1-4,6-7H,5H2. The molecule has 0 saturated carbocycles. The molecule has 0 saturated heterocycles. The van der Waals surface area contributed by atoms with Gasteiger partial charge in [-0.3, -0.25) is 14.5 Å². The quantitative estimate of drug-likeness (QED) is 0.682. The predicted octanol–water partition coefficient (Wildman–Crippen LogP) is 2.16. The Morgan fingerprint density at radius 3 is 2.80 bits per heavy atom. The predicted molar refractivity (Wildman–Crippen MR) is 57.7 cm³/mol. The van der Waals surface area contributed by atoms with Crippen LogP contribution in [0.15, 0.2) is 36.5 Å². The molecule has 0 unspecified atom stereocenters. The van der Waals surface area contributed by atoms with Gasteiger partial charge in [-0.05, 0) is 18.2 Å². The highest BCUT2D eigenvalue weighted by molar-refractivity contribution is 6.43. The van der Waals surface area contributed by atoms with Crippen molar-refractivity contribution in [2.24, 2.45) is 0 Å². The molecule has 1 amide bonds. The van der Waals surface area contributed by atoms with E-state index in [1.165, 1.54) is 4.90 Å². The van der Waals surface area contributed by atoms with Crippen molar-refractivity contribution in [1.29, 1.82) is 0 Å². The molecule has 1 aromatic carbocycles. The number of hydrogen-bond donors (Lipinski definition) is 0. The molecule has 1 aliphatic heterocycles. The fraction of sp³-hybridized carbons (Fsp3) is 0.0909. The van der Waals surface area contributed by atoms with E-state index in [0.717, 1.165) is 0 Å². The number of Topliss-reactive ketones (excluding diaryl/α,β-unsaturated/α-hetero) is 1. The van der Waals surface area contributed by atoms with Gasteiger partial charge in [-0.25, -0.2) is 0 Å². The summed E-state index contributed by atoms with van der Waals surface area (Å²) in [6.45, 7) is 0. The van der Waals surface area contributed by atoms with E-state index >= 15 is 0 Å². The second-order valence-corrected chi connectivity index (χ2v) is 3.60. The number of hydrogen-bond acceptors (Lipinski definition) is 2. The number of halogens is 1. The van der Waals surface area contributed by atoms with Gasteiger partial charge in [-0.2, -0.15) is 0 Å². The summed E-state index contributed by atoms with van der Waals surface area (Å²) in [7, 11) is 0. The maximum atomic E-state index is 11.5. The fourth-order valence-corrected chi connectivity index (χ4v) is 1.57. The maximum absolute atomic E-state index is 11.5. The van der Waals surface area contributed by atoms with Crippen LogP contribution >= 0.6 is 11.6 Å². The second-order valence-electron chi connectivity index (χ2n) is 3.17. The van der Waals surface area contributed by atoms with Crippen molar-refractivity contribution >= 4 is 29.0 Å². The molecule has 4 heteroatoms. The Kier molecular flexibility index (Phi) is 2.56. The molecule has 0 aliphatic carbocycles. The summed E-state index contributed by atoms with van der Waals surface area (Å²) in [4.78, 5) is 24.0. The third-order valence-electron chi connectivity index (χ3n) is 2.10. The highest BCUT2D eigenvalue weighted by atomic mass is 35.5. The average Bonchev–Trinajstić information content (AvgIpc) is 2.22. The number of anilines is 1. The largest absolute Gasteiger partial charge is 0.298 e. The molecule has 0 spiro atoms. The Morgan fingerprint density at radius 1 is 1.27 bits per heavy atom. The van der Waals surface area contributed by atoms with E-state index in [1.54, 1.807) is 36.5 Å². The first-order chi connectivity index (χ1) is 7.18. The molecule has 1 heterocycles. The third kappa shape index (κ3) is 1.92. The molecular formula is C11H8ClNO2. The van der Waals surface area contributed by atoms with E-state index < -0.39 is 11.7 Å². The van der Waals surface area contributed by atoms with Crippen LogP contribution in [0.2, 0.25) is 5.02 Å². The van der Waals surface area contributed by atoms with Crippen molar-refractivity contribution in [3.63, 3.8) is 0 Å². The lowest BCUT2D eigenvalue weighted by molar-refractivity contribution is -0.135. The summed E-state index contributed by atoms with van der Waals surface area (Å²) in [5.41, 5.74) is 0.608. The molecule has 0 radical (unpaired) electrons. The number of nitrogens with zero attached hydrogens (tertiary/aromatic N) is 1. The zero-order chi connectivity index (χ0) is 10.8. The first-order valence-corrected chi connectivity index (χ1v) is 4.85. The lowest BCUT2D eigenvalue weighted by Crippen LogP contribution is -2.34. The van der Waals surface area contributed by atoms with Gasteiger partial charge in [0.1, 0.15) is 0 Å². The summed E-state index contributed by atoms with van der Waals surface area (Å²) >= 11 is 5.80. The molecule has 0 atom stereocenters. The molecule has 3 nitrogen and oxygen atoms in total. The van der Waals surface area contributed by atoms with E-state index in [1.807, 2.05) is 0 Å². The Labute approximate surface area is 91.9 Å². The smallest absolute Gasteiger partial charge is 0.288 e. The van der Waals surface area contributed by atoms with Gasteiger partial charge >= 0.3 is 0 Å². The van der Waals surface area contributed by atoms with Crippen LogP contribution in [0, 0.1) is 0 Å². The number of carbonyl (C=O) groups is 2. The number of allylic oxidation sites excluding steroid dienone is 1. The molecule has 0 fully saturated rings. The monoisotopic (exact) mass is 221 g/mol. The van der Waals surface area contributed by atoms with Crippen LogP contribution in [0.4, 0.5) is 5.69 Å².